The van der Waals surface area contributed by atoms with E-state index in [0.29, 0.717) is 6.54 Å². The van der Waals surface area contributed by atoms with Gasteiger partial charge in [0, 0.05) is 18.0 Å². The second-order valence-electron chi connectivity index (χ2n) is 3.22. The molecule has 2 heteroatoms. The molecular weight excluding hydrogens is 184 g/mol. The van der Waals surface area contributed by atoms with Crippen molar-refractivity contribution in [1.82, 2.24) is 4.98 Å². The molecule has 2 rings (SSSR count). The Hall–Kier alpha value is -1.85. The van der Waals surface area contributed by atoms with Crippen LogP contribution in [0, 0.1) is 11.8 Å². The molecule has 0 aliphatic carbocycles. The van der Waals surface area contributed by atoms with Gasteiger partial charge in [0.05, 0.1) is 12.1 Å². The van der Waals surface area contributed by atoms with Crippen LogP contribution >= 0.6 is 0 Å². The van der Waals surface area contributed by atoms with Gasteiger partial charge in [0.25, 0.3) is 0 Å². The van der Waals surface area contributed by atoms with Gasteiger partial charge in [0.2, 0.25) is 0 Å². The molecule has 0 aliphatic heterocycles. The third-order valence-electron chi connectivity index (χ3n) is 2.25. The third-order valence-corrected chi connectivity index (χ3v) is 2.25. The minimum absolute atomic E-state index is 0.420. The molecule has 1 aromatic carbocycles. The average molecular weight is 196 g/mol. The monoisotopic (exact) mass is 196 g/mol. The molecule has 0 radical (unpaired) electrons. The van der Waals surface area contributed by atoms with E-state index >= 15 is 0 Å². The van der Waals surface area contributed by atoms with Crippen LogP contribution in [-0.2, 0) is 6.42 Å². The number of rotatable bonds is 1. The molecule has 1 aromatic heterocycles. The second-order valence-corrected chi connectivity index (χ2v) is 3.22. The molecule has 0 atom stereocenters. The highest BCUT2D eigenvalue weighted by Gasteiger charge is 1.98. The van der Waals surface area contributed by atoms with Crippen molar-refractivity contribution >= 4 is 10.9 Å². The van der Waals surface area contributed by atoms with Crippen molar-refractivity contribution in [3.63, 3.8) is 0 Å². The number of aromatic nitrogens is 1. The summed E-state index contributed by atoms with van der Waals surface area (Å²) < 4.78 is 0. The summed E-state index contributed by atoms with van der Waals surface area (Å²) in [5.41, 5.74) is 7.55. The lowest BCUT2D eigenvalue weighted by atomic mass is 10.1. The number of fused-ring (bicyclic) bond motifs is 1. The van der Waals surface area contributed by atoms with Crippen LogP contribution in [-0.4, -0.2) is 11.5 Å². The van der Waals surface area contributed by atoms with Crippen LogP contribution in [0.3, 0.4) is 0 Å². The van der Waals surface area contributed by atoms with Crippen molar-refractivity contribution < 1.29 is 0 Å². The zero-order valence-electron chi connectivity index (χ0n) is 8.40. The Bertz CT molecular complexity index is 515. The summed E-state index contributed by atoms with van der Waals surface area (Å²) in [6.07, 6.45) is 2.56. The maximum atomic E-state index is 5.32. The summed E-state index contributed by atoms with van der Waals surface area (Å²) in [5.74, 6) is 5.91. The minimum Gasteiger partial charge on any atom is -0.320 e. The molecule has 2 N–H and O–H groups in total. The predicted octanol–water partition coefficient (Wildman–Crippen LogP) is 1.74. The van der Waals surface area contributed by atoms with Crippen LogP contribution in [0.25, 0.3) is 10.9 Å². The van der Waals surface area contributed by atoms with E-state index in [9.17, 15) is 0 Å². The van der Waals surface area contributed by atoms with E-state index in [4.69, 9.17) is 5.73 Å². The number of hydrogen-bond donors (Lipinski definition) is 1. The highest BCUT2D eigenvalue weighted by Crippen LogP contribution is 2.15. The Morgan fingerprint density at radius 2 is 2.00 bits per heavy atom. The number of hydrogen-bond acceptors (Lipinski definition) is 2. The Morgan fingerprint density at radius 3 is 2.87 bits per heavy atom. The first kappa shape index (κ1) is 9.70. The van der Waals surface area contributed by atoms with Crippen LogP contribution in [0.15, 0.2) is 36.5 Å². The summed E-state index contributed by atoms with van der Waals surface area (Å²) in [5, 5.41) is 1.17. The quantitative estimate of drug-likeness (QED) is 0.705. The van der Waals surface area contributed by atoms with Gasteiger partial charge in [-0.3, -0.25) is 4.98 Å². The SMILES string of the molecule is NCC#CCc1ccnc2ccccc12. The highest BCUT2D eigenvalue weighted by atomic mass is 14.6. The summed E-state index contributed by atoms with van der Waals surface area (Å²) in [6, 6.07) is 10.1. The number of benzene rings is 1. The summed E-state index contributed by atoms with van der Waals surface area (Å²) in [6.45, 7) is 0.420. The number of nitrogens with zero attached hydrogens (tertiary/aromatic N) is 1. The zero-order chi connectivity index (χ0) is 10.5. The number of para-hydroxylation sites is 1. The van der Waals surface area contributed by atoms with Gasteiger partial charge >= 0.3 is 0 Å². The van der Waals surface area contributed by atoms with Crippen LogP contribution in [0.1, 0.15) is 5.56 Å². The van der Waals surface area contributed by atoms with Gasteiger partial charge in [-0.05, 0) is 17.7 Å². The molecule has 2 nitrogen and oxygen atoms in total. The molecule has 0 spiro atoms. The van der Waals surface area contributed by atoms with E-state index in [2.05, 4.69) is 22.9 Å². The minimum atomic E-state index is 0.420. The molecule has 74 valence electrons. The Labute approximate surface area is 89.1 Å². The predicted molar refractivity (Wildman–Crippen MR) is 62.3 cm³/mol. The van der Waals surface area contributed by atoms with Crippen molar-refractivity contribution in [2.24, 2.45) is 5.73 Å². The lowest BCUT2D eigenvalue weighted by molar-refractivity contribution is 1.27. The molecular formula is C13H12N2. The van der Waals surface area contributed by atoms with Crippen LogP contribution < -0.4 is 5.73 Å². The Balaban J connectivity index is 2.42. The fourth-order valence-electron chi connectivity index (χ4n) is 1.54. The summed E-state index contributed by atoms with van der Waals surface area (Å²) >= 11 is 0. The van der Waals surface area contributed by atoms with E-state index in [1.807, 2.05) is 30.5 Å². The molecule has 0 unspecified atom stereocenters. The van der Waals surface area contributed by atoms with Crippen LogP contribution in [0.4, 0.5) is 0 Å². The standard InChI is InChI=1S/C13H12N2/c14-9-4-3-5-11-8-10-15-13-7-2-1-6-12(11)13/h1-2,6-8,10H,5,9,14H2. The van der Waals surface area contributed by atoms with Gasteiger partial charge < -0.3 is 5.73 Å². The van der Waals surface area contributed by atoms with E-state index in [1.165, 1.54) is 10.9 Å². The first-order chi connectivity index (χ1) is 7.42. The second kappa shape index (κ2) is 4.59. The zero-order valence-corrected chi connectivity index (χ0v) is 8.40. The van der Waals surface area contributed by atoms with Crippen molar-refractivity contribution in [3.05, 3.63) is 42.1 Å². The van der Waals surface area contributed by atoms with Gasteiger partial charge in [-0.2, -0.15) is 0 Å². The van der Waals surface area contributed by atoms with E-state index < -0.39 is 0 Å². The maximum absolute atomic E-state index is 5.32. The first-order valence-electron chi connectivity index (χ1n) is 4.90. The summed E-state index contributed by atoms with van der Waals surface area (Å²) in [4.78, 5) is 4.30. The molecule has 0 aliphatic rings. The van der Waals surface area contributed by atoms with Crippen LogP contribution in [0.5, 0.6) is 0 Å². The molecule has 0 amide bonds. The number of nitrogens with two attached hydrogens (primary N) is 1. The van der Waals surface area contributed by atoms with Gasteiger partial charge in [-0.25, -0.2) is 0 Å². The van der Waals surface area contributed by atoms with Crippen molar-refractivity contribution in [2.75, 3.05) is 6.54 Å². The van der Waals surface area contributed by atoms with Gasteiger partial charge in [-0.15, -0.1) is 0 Å². The van der Waals surface area contributed by atoms with Crippen molar-refractivity contribution in [1.29, 1.82) is 0 Å². The van der Waals surface area contributed by atoms with E-state index in [0.717, 1.165) is 11.9 Å². The van der Waals surface area contributed by atoms with E-state index in [-0.39, 0.29) is 0 Å². The lowest BCUT2D eigenvalue weighted by Gasteiger charge is -2.01. The smallest absolute Gasteiger partial charge is 0.0705 e. The topological polar surface area (TPSA) is 38.9 Å². The maximum Gasteiger partial charge on any atom is 0.0705 e. The molecule has 2 aromatic rings. The molecule has 0 saturated carbocycles. The Morgan fingerprint density at radius 1 is 1.13 bits per heavy atom. The Kier molecular flexibility index (Phi) is 2.96. The normalized spacial score (nSPS) is 9.67. The van der Waals surface area contributed by atoms with Gasteiger partial charge in [-0.1, -0.05) is 30.0 Å². The average Bonchev–Trinajstić information content (AvgIpc) is 2.30. The van der Waals surface area contributed by atoms with Gasteiger partial charge in [0.1, 0.15) is 0 Å². The van der Waals surface area contributed by atoms with Crippen LogP contribution in [0.2, 0.25) is 0 Å². The lowest BCUT2D eigenvalue weighted by Crippen LogP contribution is -1.93. The van der Waals surface area contributed by atoms with Gasteiger partial charge in [0.15, 0.2) is 0 Å². The fourth-order valence-corrected chi connectivity index (χ4v) is 1.54. The van der Waals surface area contributed by atoms with E-state index in [1.54, 1.807) is 0 Å². The number of pyridine rings is 1. The van der Waals surface area contributed by atoms with Crippen molar-refractivity contribution in [3.8, 4) is 11.8 Å². The molecule has 0 saturated heterocycles. The fraction of sp³-hybridized carbons (Fsp3) is 0.154. The largest absolute Gasteiger partial charge is 0.320 e. The molecule has 0 bridgehead atoms. The molecule has 15 heavy (non-hydrogen) atoms. The molecule has 0 fully saturated rings. The van der Waals surface area contributed by atoms with Crippen molar-refractivity contribution in [2.45, 2.75) is 6.42 Å². The molecule has 1 heterocycles. The highest BCUT2D eigenvalue weighted by molar-refractivity contribution is 5.82. The third kappa shape index (κ3) is 2.15. The summed E-state index contributed by atoms with van der Waals surface area (Å²) in [7, 11) is 0. The first-order valence-corrected chi connectivity index (χ1v) is 4.90.